The summed E-state index contributed by atoms with van der Waals surface area (Å²) in [7, 11) is 0. The Kier molecular flexibility index (Phi) is 1.53. The Labute approximate surface area is 69.1 Å². The van der Waals surface area contributed by atoms with Crippen LogP contribution in [0.2, 0.25) is 0 Å². The highest BCUT2D eigenvalue weighted by molar-refractivity contribution is 5.89. The molecule has 0 aliphatic carbocycles. The van der Waals surface area contributed by atoms with Gasteiger partial charge in [-0.05, 0) is 6.08 Å². The number of aliphatic carboxylic acids is 1. The molecule has 12 heavy (non-hydrogen) atoms. The molecule has 1 saturated heterocycles. The van der Waals surface area contributed by atoms with Gasteiger partial charge in [-0.2, -0.15) is 0 Å². The largest absolute Gasteiger partial charge is 0.494 e. The molecule has 0 amide bonds. The molecule has 2 rings (SSSR count). The molecule has 64 valence electrons. The van der Waals surface area contributed by atoms with Gasteiger partial charge in [-0.15, -0.1) is 0 Å². The summed E-state index contributed by atoms with van der Waals surface area (Å²) >= 11 is 0. The summed E-state index contributed by atoms with van der Waals surface area (Å²) in [6.45, 7) is 0.608. The summed E-state index contributed by atoms with van der Waals surface area (Å²) in [5.74, 6) is -0.355. The lowest BCUT2D eigenvalue weighted by molar-refractivity contribution is -0.132. The molecule has 4 heteroatoms. The van der Waals surface area contributed by atoms with Crippen molar-refractivity contribution >= 4 is 5.97 Å². The van der Waals surface area contributed by atoms with Crippen molar-refractivity contribution in [1.82, 2.24) is 0 Å². The van der Waals surface area contributed by atoms with E-state index in [0.29, 0.717) is 12.4 Å². The zero-order valence-corrected chi connectivity index (χ0v) is 6.32. The molecule has 0 radical (unpaired) electrons. The van der Waals surface area contributed by atoms with Crippen LogP contribution in [0.1, 0.15) is 6.42 Å². The SMILES string of the molecule is O=C(O)C1=COC2CCOC2=C1. The number of fused-ring (bicyclic) bond motifs is 1. The van der Waals surface area contributed by atoms with Crippen LogP contribution in [0, 0.1) is 0 Å². The van der Waals surface area contributed by atoms with Crippen molar-refractivity contribution in [2.24, 2.45) is 0 Å². The van der Waals surface area contributed by atoms with E-state index in [1.807, 2.05) is 0 Å². The number of ether oxygens (including phenoxy) is 2. The lowest BCUT2D eigenvalue weighted by Gasteiger charge is -2.14. The van der Waals surface area contributed by atoms with Crippen LogP contribution in [0.15, 0.2) is 23.7 Å². The average molecular weight is 168 g/mol. The van der Waals surface area contributed by atoms with Crippen molar-refractivity contribution in [1.29, 1.82) is 0 Å². The Bertz CT molecular complexity index is 277. The molecule has 0 aromatic rings. The average Bonchev–Trinajstić information content (AvgIpc) is 2.49. The van der Waals surface area contributed by atoms with Gasteiger partial charge in [0.25, 0.3) is 0 Å². The van der Waals surface area contributed by atoms with E-state index in [9.17, 15) is 4.79 Å². The molecule has 1 atom stereocenters. The Morgan fingerprint density at radius 1 is 1.67 bits per heavy atom. The van der Waals surface area contributed by atoms with Crippen LogP contribution < -0.4 is 0 Å². The van der Waals surface area contributed by atoms with Gasteiger partial charge in [-0.25, -0.2) is 4.79 Å². The van der Waals surface area contributed by atoms with Gasteiger partial charge < -0.3 is 14.6 Å². The lowest BCUT2D eigenvalue weighted by Crippen LogP contribution is -2.14. The quantitative estimate of drug-likeness (QED) is 0.624. The monoisotopic (exact) mass is 168 g/mol. The maximum atomic E-state index is 10.5. The number of carboxylic acids is 1. The van der Waals surface area contributed by atoms with Gasteiger partial charge in [0.05, 0.1) is 18.4 Å². The summed E-state index contributed by atoms with van der Waals surface area (Å²) in [5.41, 5.74) is 0.142. The van der Waals surface area contributed by atoms with E-state index in [1.54, 1.807) is 0 Å². The molecule has 0 aromatic heterocycles. The molecule has 2 heterocycles. The van der Waals surface area contributed by atoms with E-state index in [2.05, 4.69) is 0 Å². The van der Waals surface area contributed by atoms with Gasteiger partial charge in [-0.1, -0.05) is 0 Å². The predicted molar refractivity (Wildman–Crippen MR) is 39.2 cm³/mol. The molecule has 0 aromatic carbocycles. The molecule has 1 N–H and O–H groups in total. The first-order chi connectivity index (χ1) is 5.77. The lowest BCUT2D eigenvalue weighted by atomic mass is 10.1. The number of hydrogen-bond donors (Lipinski definition) is 1. The van der Waals surface area contributed by atoms with Crippen LogP contribution in [0.4, 0.5) is 0 Å². The van der Waals surface area contributed by atoms with Gasteiger partial charge in [0, 0.05) is 6.42 Å². The topological polar surface area (TPSA) is 55.8 Å². The van der Waals surface area contributed by atoms with Gasteiger partial charge >= 0.3 is 5.97 Å². The standard InChI is InChI=1S/C8H8O4/c9-8(10)5-3-7-6(12-4-5)1-2-11-7/h3-4,6H,1-2H2,(H,9,10). The fourth-order valence-corrected chi connectivity index (χ4v) is 1.24. The fraction of sp³-hybridized carbons (Fsp3) is 0.375. The summed E-state index contributed by atoms with van der Waals surface area (Å²) in [6.07, 6.45) is 3.53. The van der Waals surface area contributed by atoms with E-state index >= 15 is 0 Å². The Hall–Kier alpha value is -1.45. The van der Waals surface area contributed by atoms with Crippen LogP contribution in [0.25, 0.3) is 0 Å². The van der Waals surface area contributed by atoms with E-state index < -0.39 is 5.97 Å². The second-order valence-electron chi connectivity index (χ2n) is 2.69. The Morgan fingerprint density at radius 3 is 3.25 bits per heavy atom. The van der Waals surface area contributed by atoms with Crippen LogP contribution in [-0.4, -0.2) is 23.8 Å². The van der Waals surface area contributed by atoms with E-state index in [1.165, 1.54) is 12.3 Å². The third-order valence-electron chi connectivity index (χ3n) is 1.87. The molecule has 4 nitrogen and oxygen atoms in total. The second-order valence-corrected chi connectivity index (χ2v) is 2.69. The first kappa shape index (κ1) is 7.21. The van der Waals surface area contributed by atoms with Gasteiger partial charge in [-0.3, -0.25) is 0 Å². The van der Waals surface area contributed by atoms with Gasteiger partial charge in [0.1, 0.15) is 5.76 Å². The van der Waals surface area contributed by atoms with Crippen LogP contribution in [0.5, 0.6) is 0 Å². The Balaban J connectivity index is 2.22. The van der Waals surface area contributed by atoms with E-state index in [0.717, 1.165) is 6.42 Å². The highest BCUT2D eigenvalue weighted by Crippen LogP contribution is 2.26. The molecule has 1 unspecified atom stereocenters. The molecule has 1 fully saturated rings. The minimum absolute atomic E-state index is 0.0619. The van der Waals surface area contributed by atoms with Crippen molar-refractivity contribution in [3.63, 3.8) is 0 Å². The number of carbonyl (C=O) groups is 1. The Morgan fingerprint density at radius 2 is 2.50 bits per heavy atom. The second kappa shape index (κ2) is 2.55. The maximum Gasteiger partial charge on any atom is 0.338 e. The predicted octanol–water partition coefficient (Wildman–Crippen LogP) is 0.658. The van der Waals surface area contributed by atoms with Crippen LogP contribution >= 0.6 is 0 Å². The maximum absolute atomic E-state index is 10.5. The summed E-state index contributed by atoms with van der Waals surface area (Å²) in [5, 5.41) is 8.61. The van der Waals surface area contributed by atoms with E-state index in [-0.39, 0.29) is 11.7 Å². The van der Waals surface area contributed by atoms with Crippen LogP contribution in [0.3, 0.4) is 0 Å². The highest BCUT2D eigenvalue weighted by atomic mass is 16.5. The highest BCUT2D eigenvalue weighted by Gasteiger charge is 2.27. The third kappa shape index (κ3) is 1.05. The zero-order chi connectivity index (χ0) is 8.55. The third-order valence-corrected chi connectivity index (χ3v) is 1.87. The number of carboxylic acid groups (broad SMARTS) is 1. The summed E-state index contributed by atoms with van der Waals surface area (Å²) in [6, 6.07) is 0. The number of hydrogen-bond acceptors (Lipinski definition) is 3. The molecule has 2 aliphatic rings. The van der Waals surface area contributed by atoms with Gasteiger partial charge in [0.2, 0.25) is 0 Å². The zero-order valence-electron chi connectivity index (χ0n) is 6.32. The fourth-order valence-electron chi connectivity index (χ4n) is 1.24. The molecule has 0 saturated carbocycles. The molecular formula is C8H8O4. The van der Waals surface area contributed by atoms with Crippen molar-refractivity contribution < 1.29 is 19.4 Å². The molecule has 0 spiro atoms. The minimum atomic E-state index is -0.989. The van der Waals surface area contributed by atoms with E-state index in [4.69, 9.17) is 14.6 Å². The van der Waals surface area contributed by atoms with Crippen LogP contribution in [-0.2, 0) is 14.3 Å². The molecular weight excluding hydrogens is 160 g/mol. The van der Waals surface area contributed by atoms with Crippen molar-refractivity contribution in [3.05, 3.63) is 23.7 Å². The molecule has 0 bridgehead atoms. The van der Waals surface area contributed by atoms with Crippen molar-refractivity contribution in [2.75, 3.05) is 6.61 Å². The first-order valence-corrected chi connectivity index (χ1v) is 3.70. The smallest absolute Gasteiger partial charge is 0.338 e. The first-order valence-electron chi connectivity index (χ1n) is 3.70. The van der Waals surface area contributed by atoms with Gasteiger partial charge in [0.15, 0.2) is 6.10 Å². The number of rotatable bonds is 1. The van der Waals surface area contributed by atoms with Crippen molar-refractivity contribution in [2.45, 2.75) is 12.5 Å². The summed E-state index contributed by atoms with van der Waals surface area (Å²) in [4.78, 5) is 10.5. The van der Waals surface area contributed by atoms with Crippen molar-refractivity contribution in [3.8, 4) is 0 Å². The normalized spacial score (nSPS) is 26.2. The molecule has 2 aliphatic heterocycles. The summed E-state index contributed by atoms with van der Waals surface area (Å²) < 4.78 is 10.3. The minimum Gasteiger partial charge on any atom is -0.494 e.